The lowest BCUT2D eigenvalue weighted by Gasteiger charge is -2.12. The summed E-state index contributed by atoms with van der Waals surface area (Å²) in [5.74, 6) is 1.19. The summed E-state index contributed by atoms with van der Waals surface area (Å²) in [5.41, 5.74) is 4.04. The number of hydrogen-bond acceptors (Lipinski definition) is 4. The molecule has 0 radical (unpaired) electrons. The first-order valence-electron chi connectivity index (χ1n) is 9.92. The average Bonchev–Trinajstić information content (AvgIpc) is 3.18. The van der Waals surface area contributed by atoms with E-state index in [1.807, 2.05) is 62.4 Å². The molecular formula is C24H22N4O2S. The highest BCUT2D eigenvalue weighted by Gasteiger charge is 2.10. The smallest absolute Gasteiger partial charge is 0.257 e. The number of para-hydroxylation sites is 2. The number of fused-ring (bicyclic) bond motifs is 1. The Morgan fingerprint density at radius 3 is 2.55 bits per heavy atom. The lowest BCUT2D eigenvalue weighted by Crippen LogP contribution is -2.34. The van der Waals surface area contributed by atoms with Crippen LogP contribution in [-0.2, 0) is 0 Å². The van der Waals surface area contributed by atoms with Crippen molar-refractivity contribution in [2.24, 2.45) is 0 Å². The number of aromatic nitrogens is 2. The van der Waals surface area contributed by atoms with Crippen LogP contribution in [0.2, 0.25) is 0 Å². The fraction of sp³-hybridized carbons (Fsp3) is 0.125. The summed E-state index contributed by atoms with van der Waals surface area (Å²) >= 11 is 5.32. The maximum absolute atomic E-state index is 12.5. The highest BCUT2D eigenvalue weighted by atomic mass is 32.1. The topological polar surface area (TPSA) is 79.0 Å². The number of benzene rings is 3. The first-order chi connectivity index (χ1) is 15.0. The van der Waals surface area contributed by atoms with E-state index in [0.717, 1.165) is 33.9 Å². The molecule has 0 unspecified atom stereocenters. The summed E-state index contributed by atoms with van der Waals surface area (Å²) in [7, 11) is 0. The Bertz CT molecular complexity index is 1200. The predicted octanol–water partition coefficient (Wildman–Crippen LogP) is 5.14. The summed E-state index contributed by atoms with van der Waals surface area (Å²) < 4.78 is 5.60. The van der Waals surface area contributed by atoms with Gasteiger partial charge >= 0.3 is 0 Å². The molecule has 0 saturated heterocycles. The van der Waals surface area contributed by atoms with Crippen LogP contribution in [0.5, 0.6) is 5.75 Å². The molecule has 6 nitrogen and oxygen atoms in total. The van der Waals surface area contributed by atoms with E-state index in [2.05, 4.69) is 20.6 Å². The lowest BCUT2D eigenvalue weighted by atomic mass is 10.2. The largest absolute Gasteiger partial charge is 0.491 e. The van der Waals surface area contributed by atoms with Gasteiger partial charge in [0.15, 0.2) is 5.11 Å². The Morgan fingerprint density at radius 2 is 1.81 bits per heavy atom. The van der Waals surface area contributed by atoms with Gasteiger partial charge in [0.25, 0.3) is 5.91 Å². The summed E-state index contributed by atoms with van der Waals surface area (Å²) in [5, 5.41) is 5.98. The monoisotopic (exact) mass is 430 g/mol. The van der Waals surface area contributed by atoms with Crippen LogP contribution < -0.4 is 15.4 Å². The third-order valence-corrected chi connectivity index (χ3v) is 4.70. The number of anilines is 1. The van der Waals surface area contributed by atoms with Crippen molar-refractivity contribution in [2.45, 2.75) is 20.0 Å². The zero-order valence-electron chi connectivity index (χ0n) is 17.2. The van der Waals surface area contributed by atoms with E-state index in [1.54, 1.807) is 24.3 Å². The summed E-state index contributed by atoms with van der Waals surface area (Å²) in [4.78, 5) is 20.4. The van der Waals surface area contributed by atoms with E-state index < -0.39 is 0 Å². The summed E-state index contributed by atoms with van der Waals surface area (Å²) in [6.07, 6.45) is 0.0757. The quantitative estimate of drug-likeness (QED) is 0.382. The standard InChI is InChI=1S/C24H22N4O2S/c1-15(2)30-19-12-10-16(11-13-19)23(29)28-24(31)25-18-7-5-6-17(14-18)22-26-20-8-3-4-9-21(20)27-22/h3-15H,1-2H3,(H,26,27)(H2,25,28,29,31). The Kier molecular flexibility index (Phi) is 5.95. The number of imidazole rings is 1. The van der Waals surface area contributed by atoms with Crippen LogP contribution >= 0.6 is 12.2 Å². The zero-order valence-corrected chi connectivity index (χ0v) is 18.0. The number of nitrogens with one attached hydrogen (secondary N) is 3. The summed E-state index contributed by atoms with van der Waals surface area (Å²) in [6, 6.07) is 22.5. The Labute approximate surface area is 185 Å². The molecule has 0 aliphatic rings. The molecular weight excluding hydrogens is 408 g/mol. The number of ether oxygens (including phenoxy) is 1. The number of H-pyrrole nitrogens is 1. The number of carbonyl (C=O) groups is 1. The fourth-order valence-electron chi connectivity index (χ4n) is 3.13. The van der Waals surface area contributed by atoms with Crippen LogP contribution in [0.25, 0.3) is 22.4 Å². The maximum Gasteiger partial charge on any atom is 0.257 e. The number of rotatable bonds is 5. The van der Waals surface area contributed by atoms with Crippen molar-refractivity contribution in [3.8, 4) is 17.1 Å². The number of aromatic amines is 1. The SMILES string of the molecule is CC(C)Oc1ccc(C(=O)NC(=S)Nc2cccc(-c3nc4ccccc4[nH]3)c2)cc1. The molecule has 0 bridgehead atoms. The zero-order chi connectivity index (χ0) is 21.8. The van der Waals surface area contributed by atoms with E-state index in [9.17, 15) is 4.79 Å². The molecule has 0 atom stereocenters. The number of amides is 1. The first kappa shape index (κ1) is 20.6. The third-order valence-electron chi connectivity index (χ3n) is 4.50. The Morgan fingerprint density at radius 1 is 1.03 bits per heavy atom. The highest BCUT2D eigenvalue weighted by Crippen LogP contribution is 2.23. The molecule has 0 spiro atoms. The minimum Gasteiger partial charge on any atom is -0.491 e. The van der Waals surface area contributed by atoms with Crippen molar-refractivity contribution >= 4 is 40.0 Å². The third kappa shape index (κ3) is 5.07. The summed E-state index contributed by atoms with van der Waals surface area (Å²) in [6.45, 7) is 3.90. The van der Waals surface area contributed by atoms with Gasteiger partial charge in [-0.3, -0.25) is 10.1 Å². The van der Waals surface area contributed by atoms with Crippen molar-refractivity contribution in [1.29, 1.82) is 0 Å². The second-order valence-corrected chi connectivity index (χ2v) is 7.69. The second kappa shape index (κ2) is 8.97. The van der Waals surface area contributed by atoms with E-state index in [4.69, 9.17) is 17.0 Å². The highest BCUT2D eigenvalue weighted by molar-refractivity contribution is 7.80. The molecule has 1 heterocycles. The molecule has 4 aromatic rings. The molecule has 4 rings (SSSR count). The molecule has 31 heavy (non-hydrogen) atoms. The normalized spacial score (nSPS) is 10.8. The molecule has 7 heteroatoms. The Balaban J connectivity index is 1.41. The molecule has 0 aliphatic carbocycles. The van der Waals surface area contributed by atoms with Crippen LogP contribution in [-0.4, -0.2) is 27.1 Å². The van der Waals surface area contributed by atoms with Gasteiger partial charge in [-0.25, -0.2) is 4.98 Å². The fourth-order valence-corrected chi connectivity index (χ4v) is 3.34. The van der Waals surface area contributed by atoms with Gasteiger partial charge in [-0.1, -0.05) is 24.3 Å². The van der Waals surface area contributed by atoms with Gasteiger partial charge in [-0.05, 0) is 74.6 Å². The number of hydrogen-bond donors (Lipinski definition) is 3. The van der Waals surface area contributed by atoms with Crippen molar-refractivity contribution in [3.05, 3.63) is 78.4 Å². The van der Waals surface area contributed by atoms with Gasteiger partial charge < -0.3 is 15.0 Å². The van der Waals surface area contributed by atoms with Gasteiger partial charge in [0.2, 0.25) is 0 Å². The number of carbonyl (C=O) groups excluding carboxylic acids is 1. The van der Waals surface area contributed by atoms with Crippen LogP contribution in [0, 0.1) is 0 Å². The molecule has 1 aromatic heterocycles. The van der Waals surface area contributed by atoms with E-state index in [-0.39, 0.29) is 17.1 Å². The second-order valence-electron chi connectivity index (χ2n) is 7.28. The van der Waals surface area contributed by atoms with Crippen LogP contribution in [0.4, 0.5) is 5.69 Å². The predicted molar refractivity (Wildman–Crippen MR) is 127 cm³/mol. The van der Waals surface area contributed by atoms with Gasteiger partial charge in [0.05, 0.1) is 17.1 Å². The van der Waals surface area contributed by atoms with Crippen molar-refractivity contribution in [3.63, 3.8) is 0 Å². The van der Waals surface area contributed by atoms with Gasteiger partial charge in [-0.2, -0.15) is 0 Å². The average molecular weight is 431 g/mol. The van der Waals surface area contributed by atoms with E-state index >= 15 is 0 Å². The van der Waals surface area contributed by atoms with E-state index in [1.165, 1.54) is 0 Å². The number of nitrogens with zero attached hydrogens (tertiary/aromatic N) is 1. The van der Waals surface area contributed by atoms with Gasteiger partial charge in [0, 0.05) is 16.8 Å². The minimum absolute atomic E-state index is 0.0757. The molecule has 1 amide bonds. The molecule has 0 aliphatic heterocycles. The van der Waals surface area contributed by atoms with Crippen LogP contribution in [0.15, 0.2) is 72.8 Å². The molecule has 0 saturated carbocycles. The van der Waals surface area contributed by atoms with E-state index in [0.29, 0.717) is 5.56 Å². The van der Waals surface area contributed by atoms with Crippen molar-refractivity contribution < 1.29 is 9.53 Å². The van der Waals surface area contributed by atoms with Crippen LogP contribution in [0.1, 0.15) is 24.2 Å². The molecule has 156 valence electrons. The number of thiocarbonyl (C=S) groups is 1. The maximum atomic E-state index is 12.5. The van der Waals surface area contributed by atoms with Crippen LogP contribution in [0.3, 0.4) is 0 Å². The lowest BCUT2D eigenvalue weighted by molar-refractivity contribution is 0.0977. The van der Waals surface area contributed by atoms with Gasteiger partial charge in [-0.15, -0.1) is 0 Å². The molecule has 3 N–H and O–H groups in total. The van der Waals surface area contributed by atoms with Gasteiger partial charge in [0.1, 0.15) is 11.6 Å². The Hall–Kier alpha value is -3.71. The minimum atomic E-state index is -0.290. The molecule has 3 aromatic carbocycles. The van der Waals surface area contributed by atoms with Crippen molar-refractivity contribution in [1.82, 2.24) is 15.3 Å². The molecule has 0 fully saturated rings. The first-order valence-corrected chi connectivity index (χ1v) is 10.3. The van der Waals surface area contributed by atoms with Crippen molar-refractivity contribution in [2.75, 3.05) is 5.32 Å².